The van der Waals surface area contributed by atoms with Gasteiger partial charge in [0.15, 0.2) is 0 Å². The third-order valence-corrected chi connectivity index (χ3v) is 4.85. The van der Waals surface area contributed by atoms with E-state index < -0.39 is 0 Å². The number of esters is 1. The maximum absolute atomic E-state index is 11.9. The second-order valence-electron chi connectivity index (χ2n) is 6.10. The van der Waals surface area contributed by atoms with Crippen LogP contribution in [0.1, 0.15) is 40.3 Å². The van der Waals surface area contributed by atoms with Crippen LogP contribution in [0.15, 0.2) is 0 Å². The number of ether oxygens (including phenoxy) is 1. The largest absolute Gasteiger partial charge is 0.466 e. The zero-order valence-electron chi connectivity index (χ0n) is 14.0. The molecule has 0 aromatic heterocycles. The summed E-state index contributed by atoms with van der Waals surface area (Å²) in [5.74, 6) is -0.117. The number of hydrogen-bond donors (Lipinski definition) is 0. The number of carbonyl (C=O) groups is 1. The first-order valence-electron chi connectivity index (χ1n) is 7.90. The SMILES string of the molecule is CCOC(=O)Cc1c(C)c(C)c2c(c1C)CCN(C)CC2. The highest BCUT2D eigenvalue weighted by Crippen LogP contribution is 2.30. The van der Waals surface area contributed by atoms with Gasteiger partial charge in [-0.05, 0) is 81.0 Å². The van der Waals surface area contributed by atoms with Crippen LogP contribution in [0, 0.1) is 20.8 Å². The Labute approximate surface area is 128 Å². The van der Waals surface area contributed by atoms with Crippen LogP contribution in [0.25, 0.3) is 0 Å². The van der Waals surface area contributed by atoms with E-state index in [4.69, 9.17) is 4.74 Å². The topological polar surface area (TPSA) is 29.5 Å². The number of carbonyl (C=O) groups excluding carboxylic acids is 1. The van der Waals surface area contributed by atoms with Crippen molar-refractivity contribution < 1.29 is 9.53 Å². The molecule has 1 aliphatic heterocycles. The molecule has 21 heavy (non-hydrogen) atoms. The Kier molecular flexibility index (Phi) is 5.04. The summed E-state index contributed by atoms with van der Waals surface area (Å²) in [7, 11) is 2.18. The van der Waals surface area contributed by atoms with E-state index in [1.807, 2.05) is 6.92 Å². The molecule has 0 amide bonds. The van der Waals surface area contributed by atoms with Crippen molar-refractivity contribution in [2.24, 2.45) is 0 Å². The second-order valence-corrected chi connectivity index (χ2v) is 6.10. The first-order valence-corrected chi connectivity index (χ1v) is 7.90. The number of rotatable bonds is 3. The Morgan fingerprint density at radius 1 is 1.05 bits per heavy atom. The van der Waals surface area contributed by atoms with Crippen molar-refractivity contribution in [1.82, 2.24) is 4.90 Å². The zero-order valence-corrected chi connectivity index (χ0v) is 14.0. The molecule has 3 heteroatoms. The van der Waals surface area contributed by atoms with E-state index in [0.29, 0.717) is 13.0 Å². The van der Waals surface area contributed by atoms with Gasteiger partial charge in [-0.15, -0.1) is 0 Å². The van der Waals surface area contributed by atoms with Crippen molar-refractivity contribution in [2.75, 3.05) is 26.7 Å². The van der Waals surface area contributed by atoms with Crippen molar-refractivity contribution >= 4 is 5.97 Å². The fourth-order valence-electron chi connectivity index (χ4n) is 3.38. The first kappa shape index (κ1) is 16.0. The maximum Gasteiger partial charge on any atom is 0.310 e. The van der Waals surface area contributed by atoms with E-state index in [1.165, 1.54) is 33.4 Å². The molecule has 0 fully saturated rings. The summed E-state index contributed by atoms with van der Waals surface area (Å²) in [4.78, 5) is 14.3. The van der Waals surface area contributed by atoms with Gasteiger partial charge in [0.1, 0.15) is 0 Å². The Morgan fingerprint density at radius 2 is 1.62 bits per heavy atom. The van der Waals surface area contributed by atoms with Crippen LogP contribution < -0.4 is 0 Å². The van der Waals surface area contributed by atoms with E-state index in [-0.39, 0.29) is 5.97 Å². The van der Waals surface area contributed by atoms with Gasteiger partial charge in [0, 0.05) is 13.1 Å². The second kappa shape index (κ2) is 6.61. The Balaban J connectivity index is 2.44. The fraction of sp³-hybridized carbons (Fsp3) is 0.611. The molecule has 0 spiro atoms. The van der Waals surface area contributed by atoms with Crippen LogP contribution >= 0.6 is 0 Å². The van der Waals surface area contributed by atoms with Gasteiger partial charge in [0.2, 0.25) is 0 Å². The van der Waals surface area contributed by atoms with Crippen molar-refractivity contribution in [3.05, 3.63) is 33.4 Å². The molecule has 1 aromatic rings. The Bertz CT molecular complexity index is 549. The summed E-state index contributed by atoms with van der Waals surface area (Å²) in [6.45, 7) is 11.0. The fourth-order valence-corrected chi connectivity index (χ4v) is 3.38. The van der Waals surface area contributed by atoms with Gasteiger partial charge in [-0.25, -0.2) is 0 Å². The number of nitrogens with zero attached hydrogens (tertiary/aromatic N) is 1. The molecule has 1 aromatic carbocycles. The van der Waals surface area contributed by atoms with Crippen molar-refractivity contribution in [3.8, 4) is 0 Å². The van der Waals surface area contributed by atoms with Gasteiger partial charge in [-0.1, -0.05) is 0 Å². The number of benzene rings is 1. The van der Waals surface area contributed by atoms with E-state index in [1.54, 1.807) is 0 Å². The van der Waals surface area contributed by atoms with Crippen LogP contribution in [-0.4, -0.2) is 37.6 Å². The summed E-state index contributed by atoms with van der Waals surface area (Å²) >= 11 is 0. The number of hydrogen-bond acceptors (Lipinski definition) is 3. The molecule has 2 rings (SSSR count). The average Bonchev–Trinajstić information content (AvgIpc) is 2.64. The monoisotopic (exact) mass is 289 g/mol. The number of likely N-dealkylation sites (N-methyl/N-ethyl adjacent to an activating group) is 1. The van der Waals surface area contributed by atoms with Crippen molar-refractivity contribution in [3.63, 3.8) is 0 Å². The summed E-state index contributed by atoms with van der Waals surface area (Å²) in [6.07, 6.45) is 2.59. The molecule has 0 N–H and O–H groups in total. The van der Waals surface area contributed by atoms with Crippen LogP contribution in [0.2, 0.25) is 0 Å². The lowest BCUT2D eigenvalue weighted by Crippen LogP contribution is -2.20. The highest BCUT2D eigenvalue weighted by molar-refractivity contribution is 5.74. The lowest BCUT2D eigenvalue weighted by atomic mass is 9.85. The van der Waals surface area contributed by atoms with Gasteiger partial charge in [0.25, 0.3) is 0 Å². The third kappa shape index (κ3) is 3.29. The molecule has 1 heterocycles. The highest BCUT2D eigenvalue weighted by atomic mass is 16.5. The smallest absolute Gasteiger partial charge is 0.310 e. The van der Waals surface area contributed by atoms with Crippen LogP contribution in [0.4, 0.5) is 0 Å². The third-order valence-electron chi connectivity index (χ3n) is 4.85. The normalized spacial score (nSPS) is 15.5. The van der Waals surface area contributed by atoms with Gasteiger partial charge in [-0.3, -0.25) is 4.79 Å². The molecule has 0 unspecified atom stereocenters. The molecule has 0 bridgehead atoms. The predicted molar refractivity (Wildman–Crippen MR) is 85.9 cm³/mol. The molecule has 0 radical (unpaired) electrons. The van der Waals surface area contributed by atoms with Crippen LogP contribution in [0.3, 0.4) is 0 Å². The molecular weight excluding hydrogens is 262 g/mol. The van der Waals surface area contributed by atoms with Gasteiger partial charge in [-0.2, -0.15) is 0 Å². The molecule has 116 valence electrons. The summed E-state index contributed by atoms with van der Waals surface area (Å²) in [5.41, 5.74) is 8.07. The van der Waals surface area contributed by atoms with E-state index in [2.05, 4.69) is 32.7 Å². The first-order chi connectivity index (χ1) is 9.95. The minimum atomic E-state index is -0.117. The van der Waals surface area contributed by atoms with E-state index >= 15 is 0 Å². The standard InChI is InChI=1S/C18H27NO2/c1-6-21-18(20)11-17-13(3)12(2)15-7-9-19(5)10-8-16(15)14(17)4/h6-11H2,1-5H3. The summed E-state index contributed by atoms with van der Waals surface area (Å²) in [6, 6.07) is 0. The summed E-state index contributed by atoms with van der Waals surface area (Å²) < 4.78 is 5.13. The van der Waals surface area contributed by atoms with Crippen molar-refractivity contribution in [2.45, 2.75) is 47.0 Å². The molecular formula is C18H27NO2. The zero-order chi connectivity index (χ0) is 15.6. The Hall–Kier alpha value is -1.35. The molecule has 1 aliphatic rings. The molecule has 0 atom stereocenters. The molecule has 0 saturated carbocycles. The predicted octanol–water partition coefficient (Wildman–Crippen LogP) is 2.75. The highest BCUT2D eigenvalue weighted by Gasteiger charge is 2.21. The summed E-state index contributed by atoms with van der Waals surface area (Å²) in [5, 5.41) is 0. The Morgan fingerprint density at radius 3 is 2.19 bits per heavy atom. The van der Waals surface area contributed by atoms with Crippen molar-refractivity contribution in [1.29, 1.82) is 0 Å². The van der Waals surface area contributed by atoms with Gasteiger partial charge < -0.3 is 9.64 Å². The number of fused-ring (bicyclic) bond motifs is 1. The lowest BCUT2D eigenvalue weighted by Gasteiger charge is -2.20. The van der Waals surface area contributed by atoms with E-state index in [0.717, 1.165) is 25.9 Å². The maximum atomic E-state index is 11.9. The molecule has 0 saturated heterocycles. The molecule has 0 aliphatic carbocycles. The van der Waals surface area contributed by atoms with Crippen LogP contribution in [-0.2, 0) is 28.8 Å². The van der Waals surface area contributed by atoms with E-state index in [9.17, 15) is 4.79 Å². The van der Waals surface area contributed by atoms with Crippen LogP contribution in [0.5, 0.6) is 0 Å². The van der Waals surface area contributed by atoms with Gasteiger partial charge in [0.05, 0.1) is 13.0 Å². The lowest BCUT2D eigenvalue weighted by molar-refractivity contribution is -0.142. The quantitative estimate of drug-likeness (QED) is 0.801. The minimum absolute atomic E-state index is 0.117. The molecule has 3 nitrogen and oxygen atoms in total. The minimum Gasteiger partial charge on any atom is -0.466 e. The average molecular weight is 289 g/mol. The van der Waals surface area contributed by atoms with Gasteiger partial charge >= 0.3 is 5.97 Å².